The van der Waals surface area contributed by atoms with Gasteiger partial charge in [0.05, 0.1) is 12.7 Å². The predicted molar refractivity (Wildman–Crippen MR) is 84.6 cm³/mol. The van der Waals surface area contributed by atoms with Crippen LogP contribution in [0.1, 0.15) is 37.6 Å². The van der Waals surface area contributed by atoms with Crippen LogP contribution in [0.3, 0.4) is 0 Å². The van der Waals surface area contributed by atoms with Crippen LogP contribution in [0.2, 0.25) is 0 Å². The normalized spacial score (nSPS) is 13.3. The Kier molecular flexibility index (Phi) is 7.61. The molecule has 4 nitrogen and oxygen atoms in total. The Morgan fingerprint density at radius 3 is 2.50 bits per heavy atom. The van der Waals surface area contributed by atoms with Crippen molar-refractivity contribution in [3.63, 3.8) is 0 Å². The molecule has 0 heterocycles. The summed E-state index contributed by atoms with van der Waals surface area (Å²) in [5.74, 6) is 0.890. The molecule has 0 aliphatic rings. The fourth-order valence-corrected chi connectivity index (χ4v) is 2.26. The Morgan fingerprint density at radius 1 is 1.40 bits per heavy atom. The van der Waals surface area contributed by atoms with Crippen LogP contribution in [0.5, 0.6) is 5.75 Å². The number of halogens is 1. The predicted octanol–water partition coefficient (Wildman–Crippen LogP) is 2.61. The van der Waals surface area contributed by atoms with Crippen LogP contribution in [-0.2, 0) is 0 Å². The summed E-state index contributed by atoms with van der Waals surface area (Å²) in [6, 6.07) is 7.18. The molecule has 114 valence electrons. The molecule has 1 amide bonds. The van der Waals surface area contributed by atoms with Gasteiger partial charge < -0.3 is 15.8 Å². The molecule has 0 aromatic heterocycles. The minimum Gasteiger partial charge on any atom is -0.496 e. The van der Waals surface area contributed by atoms with Gasteiger partial charge in [0.25, 0.3) is 5.91 Å². The smallest absolute Gasteiger partial charge is 0.255 e. The molecule has 1 rings (SSSR count). The summed E-state index contributed by atoms with van der Waals surface area (Å²) in [6.07, 6.45) is 0.838. The number of ether oxygens (including phenoxy) is 1. The van der Waals surface area contributed by atoms with Crippen LogP contribution >= 0.6 is 12.4 Å². The second-order valence-electron chi connectivity index (χ2n) is 5.52. The van der Waals surface area contributed by atoms with Crippen LogP contribution in [0.25, 0.3) is 0 Å². The van der Waals surface area contributed by atoms with E-state index in [1.165, 1.54) is 0 Å². The van der Waals surface area contributed by atoms with Gasteiger partial charge in [-0.2, -0.15) is 0 Å². The molecular formula is C15H25ClN2O2. The lowest BCUT2D eigenvalue weighted by Gasteiger charge is -2.31. The van der Waals surface area contributed by atoms with E-state index in [-0.39, 0.29) is 18.3 Å². The van der Waals surface area contributed by atoms with Gasteiger partial charge in [0.15, 0.2) is 0 Å². The van der Waals surface area contributed by atoms with Crippen LogP contribution < -0.4 is 15.8 Å². The molecule has 0 bridgehead atoms. The second-order valence-corrected chi connectivity index (χ2v) is 5.52. The van der Waals surface area contributed by atoms with E-state index in [9.17, 15) is 4.79 Å². The van der Waals surface area contributed by atoms with Gasteiger partial charge in [-0.15, -0.1) is 12.4 Å². The van der Waals surface area contributed by atoms with Crippen molar-refractivity contribution in [2.45, 2.75) is 32.7 Å². The van der Waals surface area contributed by atoms with Gasteiger partial charge in [-0.1, -0.05) is 26.0 Å². The molecule has 1 atom stereocenters. The average Bonchev–Trinajstić information content (AvgIpc) is 2.37. The summed E-state index contributed by atoms with van der Waals surface area (Å²) in [6.45, 7) is 6.61. The lowest BCUT2D eigenvalue weighted by molar-refractivity contribution is 0.0895. The van der Waals surface area contributed by atoms with Crippen molar-refractivity contribution in [2.75, 3.05) is 13.7 Å². The number of hydrogen-bond acceptors (Lipinski definition) is 3. The summed E-state index contributed by atoms with van der Waals surface area (Å²) < 4.78 is 5.20. The zero-order chi connectivity index (χ0) is 14.5. The molecule has 0 spiro atoms. The number of para-hydroxylation sites is 1. The molecule has 1 aromatic carbocycles. The van der Waals surface area contributed by atoms with Crippen LogP contribution in [0, 0.1) is 5.92 Å². The highest BCUT2D eigenvalue weighted by molar-refractivity contribution is 5.97. The van der Waals surface area contributed by atoms with Gasteiger partial charge in [-0.05, 0) is 31.4 Å². The standard InChI is InChI=1S/C15H24N2O2.ClH/c1-11(2)9-15(3,10-16)17-14(18)12-7-5-6-8-13(12)19-4;/h5-8,11H,9-10,16H2,1-4H3,(H,17,18);1H. The number of nitrogens with one attached hydrogen (secondary N) is 1. The Balaban J connectivity index is 0.00000361. The average molecular weight is 301 g/mol. The molecule has 0 fully saturated rings. The Morgan fingerprint density at radius 2 is 2.00 bits per heavy atom. The van der Waals surface area contributed by atoms with Gasteiger partial charge in [0.1, 0.15) is 5.75 Å². The number of carbonyl (C=O) groups is 1. The summed E-state index contributed by atoms with van der Waals surface area (Å²) in [7, 11) is 1.56. The van der Waals surface area contributed by atoms with E-state index in [2.05, 4.69) is 19.2 Å². The fraction of sp³-hybridized carbons (Fsp3) is 0.533. The van der Waals surface area contributed by atoms with Crippen molar-refractivity contribution in [1.82, 2.24) is 5.32 Å². The van der Waals surface area contributed by atoms with Crippen molar-refractivity contribution < 1.29 is 9.53 Å². The van der Waals surface area contributed by atoms with Gasteiger partial charge in [0.2, 0.25) is 0 Å². The summed E-state index contributed by atoms with van der Waals surface area (Å²) in [4.78, 5) is 12.3. The van der Waals surface area contributed by atoms with E-state index in [1.807, 2.05) is 19.1 Å². The quantitative estimate of drug-likeness (QED) is 0.849. The molecule has 0 saturated carbocycles. The van der Waals surface area contributed by atoms with E-state index in [0.29, 0.717) is 23.8 Å². The van der Waals surface area contributed by atoms with Crippen molar-refractivity contribution >= 4 is 18.3 Å². The van der Waals surface area contributed by atoms with Crippen molar-refractivity contribution in [3.05, 3.63) is 29.8 Å². The number of hydrogen-bond donors (Lipinski definition) is 2. The largest absolute Gasteiger partial charge is 0.496 e. The van der Waals surface area contributed by atoms with Gasteiger partial charge in [-0.3, -0.25) is 4.79 Å². The van der Waals surface area contributed by atoms with E-state index in [4.69, 9.17) is 10.5 Å². The van der Waals surface area contributed by atoms with E-state index < -0.39 is 5.54 Å². The molecule has 0 aliphatic heterocycles. The number of methoxy groups -OCH3 is 1. The third kappa shape index (κ3) is 5.02. The van der Waals surface area contributed by atoms with E-state index in [0.717, 1.165) is 6.42 Å². The number of nitrogens with two attached hydrogens (primary N) is 1. The first-order valence-corrected chi connectivity index (χ1v) is 6.57. The number of carbonyl (C=O) groups excluding carboxylic acids is 1. The molecule has 1 unspecified atom stereocenters. The lowest BCUT2D eigenvalue weighted by atomic mass is 9.90. The molecule has 20 heavy (non-hydrogen) atoms. The Labute approximate surface area is 127 Å². The Hall–Kier alpha value is -1.26. The molecule has 3 N–H and O–H groups in total. The maximum Gasteiger partial charge on any atom is 0.255 e. The zero-order valence-electron chi connectivity index (χ0n) is 12.6. The van der Waals surface area contributed by atoms with Gasteiger partial charge >= 0.3 is 0 Å². The van der Waals surface area contributed by atoms with E-state index in [1.54, 1.807) is 19.2 Å². The molecule has 0 saturated heterocycles. The maximum absolute atomic E-state index is 12.3. The second kappa shape index (κ2) is 8.12. The van der Waals surface area contributed by atoms with Crippen molar-refractivity contribution in [2.24, 2.45) is 11.7 Å². The van der Waals surface area contributed by atoms with Crippen LogP contribution in [-0.4, -0.2) is 25.1 Å². The SMILES string of the molecule is COc1ccccc1C(=O)NC(C)(CN)CC(C)C.Cl. The molecule has 0 aliphatic carbocycles. The molecular weight excluding hydrogens is 276 g/mol. The topological polar surface area (TPSA) is 64.3 Å². The molecule has 0 radical (unpaired) electrons. The minimum absolute atomic E-state index is 0. The fourth-order valence-electron chi connectivity index (χ4n) is 2.26. The van der Waals surface area contributed by atoms with Gasteiger partial charge in [-0.25, -0.2) is 0 Å². The van der Waals surface area contributed by atoms with Crippen LogP contribution in [0.4, 0.5) is 0 Å². The van der Waals surface area contributed by atoms with Crippen LogP contribution in [0.15, 0.2) is 24.3 Å². The first kappa shape index (κ1) is 18.7. The highest BCUT2D eigenvalue weighted by Gasteiger charge is 2.27. The van der Waals surface area contributed by atoms with Crippen molar-refractivity contribution in [1.29, 1.82) is 0 Å². The zero-order valence-corrected chi connectivity index (χ0v) is 13.4. The van der Waals surface area contributed by atoms with Crippen molar-refractivity contribution in [3.8, 4) is 5.75 Å². The molecule has 5 heteroatoms. The third-order valence-electron chi connectivity index (χ3n) is 3.08. The summed E-state index contributed by atoms with van der Waals surface area (Å²) in [5, 5.41) is 3.02. The lowest BCUT2D eigenvalue weighted by Crippen LogP contribution is -2.52. The van der Waals surface area contributed by atoms with E-state index >= 15 is 0 Å². The molecule has 1 aromatic rings. The third-order valence-corrected chi connectivity index (χ3v) is 3.08. The minimum atomic E-state index is -0.397. The Bertz CT molecular complexity index is 438. The number of benzene rings is 1. The highest BCUT2D eigenvalue weighted by atomic mass is 35.5. The first-order chi connectivity index (χ1) is 8.91. The number of amides is 1. The summed E-state index contributed by atoms with van der Waals surface area (Å²) >= 11 is 0. The van der Waals surface area contributed by atoms with Gasteiger partial charge in [0, 0.05) is 12.1 Å². The number of rotatable bonds is 6. The monoisotopic (exact) mass is 300 g/mol. The summed E-state index contributed by atoms with van der Waals surface area (Å²) in [5.41, 5.74) is 5.95. The first-order valence-electron chi connectivity index (χ1n) is 6.57. The highest BCUT2D eigenvalue weighted by Crippen LogP contribution is 2.20. The maximum atomic E-state index is 12.3.